The third kappa shape index (κ3) is 2.73. The first-order chi connectivity index (χ1) is 8.70. The molecule has 1 fully saturated rings. The maximum absolute atomic E-state index is 11.3. The molecule has 0 radical (unpaired) electrons. The van der Waals surface area contributed by atoms with Crippen molar-refractivity contribution in [1.82, 2.24) is 5.32 Å². The van der Waals surface area contributed by atoms with Gasteiger partial charge in [0.25, 0.3) is 0 Å². The van der Waals surface area contributed by atoms with Crippen molar-refractivity contribution in [3.8, 4) is 0 Å². The number of azide groups is 1. The van der Waals surface area contributed by atoms with Crippen LogP contribution in [0.5, 0.6) is 0 Å². The van der Waals surface area contributed by atoms with Crippen molar-refractivity contribution in [2.45, 2.75) is 31.5 Å². The first kappa shape index (κ1) is 12.3. The molecular weight excluding hydrogens is 232 g/mol. The molecule has 0 unspecified atom stereocenters. The minimum Gasteiger partial charge on any atom is -0.444 e. The van der Waals surface area contributed by atoms with E-state index < -0.39 is 6.09 Å². The maximum atomic E-state index is 11.3. The summed E-state index contributed by atoms with van der Waals surface area (Å²) in [5, 5.41) is 6.37. The standard InChI is InChI=1S/C12H14N4O2/c1-8(15-16-13)7-10-11(14-12(17)18-10)9-5-3-2-4-6-9/h2-6,8,10-11H,7H2,1H3,(H,14,17)/t8-,10+,11-/m0/s1. The van der Waals surface area contributed by atoms with Crippen LogP contribution in [0.1, 0.15) is 24.9 Å². The van der Waals surface area contributed by atoms with Gasteiger partial charge in [0, 0.05) is 11.0 Å². The van der Waals surface area contributed by atoms with Gasteiger partial charge in [0.15, 0.2) is 0 Å². The van der Waals surface area contributed by atoms with E-state index in [2.05, 4.69) is 15.3 Å². The van der Waals surface area contributed by atoms with E-state index in [1.54, 1.807) is 6.92 Å². The molecule has 1 N–H and O–H groups in total. The lowest BCUT2D eigenvalue weighted by Gasteiger charge is -2.18. The van der Waals surface area contributed by atoms with Crippen LogP contribution in [0.3, 0.4) is 0 Å². The van der Waals surface area contributed by atoms with Crippen LogP contribution in [-0.2, 0) is 4.74 Å². The molecule has 18 heavy (non-hydrogen) atoms. The normalized spacial score (nSPS) is 23.7. The Morgan fingerprint density at radius 2 is 2.22 bits per heavy atom. The van der Waals surface area contributed by atoms with Crippen LogP contribution in [0.2, 0.25) is 0 Å². The Bertz CT molecular complexity index is 470. The van der Waals surface area contributed by atoms with E-state index in [9.17, 15) is 4.79 Å². The molecule has 0 aliphatic carbocycles. The molecule has 0 aromatic heterocycles. The average Bonchev–Trinajstić information content (AvgIpc) is 2.71. The molecular formula is C12H14N4O2. The quantitative estimate of drug-likeness (QED) is 0.503. The second kappa shape index (κ2) is 5.42. The highest BCUT2D eigenvalue weighted by Gasteiger charge is 2.35. The first-order valence-corrected chi connectivity index (χ1v) is 5.77. The fraction of sp³-hybridized carbons (Fsp3) is 0.417. The van der Waals surface area contributed by atoms with Crippen molar-refractivity contribution in [1.29, 1.82) is 0 Å². The molecule has 1 aliphatic heterocycles. The topological polar surface area (TPSA) is 87.1 Å². The van der Waals surface area contributed by atoms with Crippen LogP contribution in [0.4, 0.5) is 4.79 Å². The molecule has 1 aliphatic rings. The van der Waals surface area contributed by atoms with Crippen molar-refractivity contribution < 1.29 is 9.53 Å². The Morgan fingerprint density at radius 3 is 2.89 bits per heavy atom. The Morgan fingerprint density at radius 1 is 1.50 bits per heavy atom. The van der Waals surface area contributed by atoms with Gasteiger partial charge in [-0.1, -0.05) is 42.4 Å². The molecule has 3 atom stereocenters. The molecule has 1 aromatic carbocycles. The first-order valence-electron chi connectivity index (χ1n) is 5.77. The smallest absolute Gasteiger partial charge is 0.408 e. The summed E-state index contributed by atoms with van der Waals surface area (Å²) >= 11 is 0. The highest BCUT2D eigenvalue weighted by Crippen LogP contribution is 2.28. The molecule has 2 rings (SSSR count). The van der Waals surface area contributed by atoms with Crippen LogP contribution in [0, 0.1) is 0 Å². The summed E-state index contributed by atoms with van der Waals surface area (Å²) in [7, 11) is 0. The van der Waals surface area contributed by atoms with Gasteiger partial charge in [-0.05, 0) is 17.5 Å². The van der Waals surface area contributed by atoms with E-state index in [1.807, 2.05) is 30.3 Å². The van der Waals surface area contributed by atoms with Crippen LogP contribution >= 0.6 is 0 Å². The molecule has 1 heterocycles. The average molecular weight is 246 g/mol. The van der Waals surface area contributed by atoms with Crippen molar-refractivity contribution >= 4 is 6.09 Å². The molecule has 6 nitrogen and oxygen atoms in total. The van der Waals surface area contributed by atoms with Crippen LogP contribution in [0.15, 0.2) is 35.4 Å². The third-order valence-corrected chi connectivity index (χ3v) is 2.88. The molecule has 94 valence electrons. The number of benzene rings is 1. The van der Waals surface area contributed by atoms with Gasteiger partial charge in [0.05, 0.1) is 6.04 Å². The van der Waals surface area contributed by atoms with Gasteiger partial charge in [-0.2, -0.15) is 0 Å². The Balaban J connectivity index is 2.13. The molecule has 1 saturated heterocycles. The summed E-state index contributed by atoms with van der Waals surface area (Å²) in [6.07, 6.45) is -0.232. The summed E-state index contributed by atoms with van der Waals surface area (Å²) in [5.74, 6) is 0. The maximum Gasteiger partial charge on any atom is 0.408 e. The monoisotopic (exact) mass is 246 g/mol. The van der Waals surface area contributed by atoms with Gasteiger partial charge >= 0.3 is 6.09 Å². The lowest BCUT2D eigenvalue weighted by Crippen LogP contribution is -2.24. The van der Waals surface area contributed by atoms with E-state index in [0.29, 0.717) is 6.42 Å². The minimum atomic E-state index is -0.429. The second-order valence-corrected chi connectivity index (χ2v) is 4.27. The Kier molecular flexibility index (Phi) is 3.69. The predicted molar refractivity (Wildman–Crippen MR) is 65.8 cm³/mol. The van der Waals surface area contributed by atoms with Crippen molar-refractivity contribution in [3.63, 3.8) is 0 Å². The zero-order valence-corrected chi connectivity index (χ0v) is 9.98. The van der Waals surface area contributed by atoms with Crippen LogP contribution in [-0.4, -0.2) is 18.2 Å². The van der Waals surface area contributed by atoms with E-state index in [4.69, 9.17) is 10.3 Å². The summed E-state index contributed by atoms with van der Waals surface area (Å²) in [6.45, 7) is 1.80. The highest BCUT2D eigenvalue weighted by molar-refractivity contribution is 5.70. The zero-order chi connectivity index (χ0) is 13.0. The van der Waals surface area contributed by atoms with Crippen molar-refractivity contribution in [3.05, 3.63) is 46.3 Å². The zero-order valence-electron chi connectivity index (χ0n) is 9.98. The van der Waals surface area contributed by atoms with E-state index >= 15 is 0 Å². The summed E-state index contributed by atoms with van der Waals surface area (Å²) < 4.78 is 5.21. The van der Waals surface area contributed by atoms with Gasteiger partial charge in [-0.3, -0.25) is 0 Å². The number of amides is 1. The molecule has 6 heteroatoms. The number of carbonyl (C=O) groups is 1. The number of cyclic esters (lactones) is 1. The predicted octanol–water partition coefficient (Wildman–Crippen LogP) is 2.93. The molecule has 0 saturated carbocycles. The largest absolute Gasteiger partial charge is 0.444 e. The van der Waals surface area contributed by atoms with Gasteiger partial charge in [-0.15, -0.1) is 0 Å². The fourth-order valence-electron chi connectivity index (χ4n) is 2.07. The number of nitrogens with zero attached hydrogens (tertiary/aromatic N) is 3. The third-order valence-electron chi connectivity index (χ3n) is 2.88. The number of ether oxygens (including phenoxy) is 1. The van der Waals surface area contributed by atoms with Gasteiger partial charge in [-0.25, -0.2) is 4.79 Å². The number of carbonyl (C=O) groups excluding carboxylic acids is 1. The summed E-state index contributed by atoms with van der Waals surface area (Å²) in [5.41, 5.74) is 9.37. The number of hydrogen-bond donors (Lipinski definition) is 1. The molecule has 1 aromatic rings. The van der Waals surface area contributed by atoms with E-state index in [0.717, 1.165) is 5.56 Å². The number of hydrogen-bond acceptors (Lipinski definition) is 3. The highest BCUT2D eigenvalue weighted by atomic mass is 16.6. The van der Waals surface area contributed by atoms with Crippen LogP contribution in [0.25, 0.3) is 10.4 Å². The van der Waals surface area contributed by atoms with E-state index in [1.165, 1.54) is 0 Å². The summed E-state index contributed by atoms with van der Waals surface area (Å²) in [4.78, 5) is 14.1. The fourth-order valence-corrected chi connectivity index (χ4v) is 2.07. The molecule has 0 bridgehead atoms. The minimum absolute atomic E-state index is 0.185. The second-order valence-electron chi connectivity index (χ2n) is 4.27. The summed E-state index contributed by atoms with van der Waals surface area (Å²) in [6, 6.07) is 9.21. The van der Waals surface area contributed by atoms with Crippen molar-refractivity contribution in [2.24, 2.45) is 5.11 Å². The van der Waals surface area contributed by atoms with E-state index in [-0.39, 0.29) is 18.2 Å². The Labute approximate surface area is 105 Å². The van der Waals surface area contributed by atoms with Gasteiger partial charge in [0.1, 0.15) is 6.10 Å². The number of alkyl carbamates (subject to hydrolysis) is 1. The molecule has 1 amide bonds. The molecule has 0 spiro atoms. The lowest BCUT2D eigenvalue weighted by atomic mass is 9.98. The van der Waals surface area contributed by atoms with Gasteiger partial charge in [0.2, 0.25) is 0 Å². The van der Waals surface area contributed by atoms with Gasteiger partial charge < -0.3 is 10.1 Å². The van der Waals surface area contributed by atoms with Crippen molar-refractivity contribution in [2.75, 3.05) is 0 Å². The Hall–Kier alpha value is -2.20. The lowest BCUT2D eigenvalue weighted by molar-refractivity contribution is 0.122. The van der Waals surface area contributed by atoms with Crippen LogP contribution < -0.4 is 5.32 Å². The SMILES string of the molecule is C[C@@H](C[C@H]1OC(=O)N[C@H]1c1ccccc1)N=[N+]=[N-]. The number of nitrogens with one attached hydrogen (secondary N) is 1. The number of rotatable bonds is 4.